The number of nitrogens with zero attached hydrogens (tertiary/aromatic N) is 1. The number of halogens is 2. The van der Waals surface area contributed by atoms with Gasteiger partial charge < -0.3 is 5.32 Å². The number of hydrogen-bond acceptors (Lipinski definition) is 2. The zero-order valence-corrected chi connectivity index (χ0v) is 13.8. The smallest absolute Gasteiger partial charge is 0.0637 e. The van der Waals surface area contributed by atoms with Crippen molar-refractivity contribution in [3.63, 3.8) is 0 Å². The van der Waals surface area contributed by atoms with E-state index >= 15 is 0 Å². The minimum Gasteiger partial charge on any atom is -0.312 e. The maximum atomic E-state index is 6.31. The lowest BCUT2D eigenvalue weighted by molar-refractivity contribution is 0.231. The quantitative estimate of drug-likeness (QED) is 0.895. The summed E-state index contributed by atoms with van der Waals surface area (Å²) in [4.78, 5) is 2.49. The summed E-state index contributed by atoms with van der Waals surface area (Å²) in [6, 6.07) is 6.47. The summed E-state index contributed by atoms with van der Waals surface area (Å²) in [5, 5.41) is 5.02. The first kappa shape index (κ1) is 16.1. The molecule has 1 heterocycles. The summed E-state index contributed by atoms with van der Waals surface area (Å²) in [5.41, 5.74) is 1.13. The lowest BCUT2D eigenvalue weighted by atomic mass is 9.99. The van der Waals surface area contributed by atoms with Crippen LogP contribution in [0.25, 0.3) is 0 Å². The van der Waals surface area contributed by atoms with Crippen LogP contribution in [-0.2, 0) is 6.54 Å². The van der Waals surface area contributed by atoms with Crippen molar-refractivity contribution >= 4 is 23.2 Å². The van der Waals surface area contributed by atoms with E-state index in [1.165, 1.54) is 12.8 Å². The first-order valence-corrected chi connectivity index (χ1v) is 8.26. The zero-order chi connectivity index (χ0) is 14.5. The third kappa shape index (κ3) is 4.11. The highest BCUT2D eigenvalue weighted by Gasteiger charge is 2.22. The standard InChI is InChI=1S/C16H24Cl2N2/c1-3-12(2)15-11-20(9-5-8-19-15)10-13-6-4-7-14(17)16(13)18/h4,6-7,12,15,19H,3,5,8-11H2,1-2H3. The van der Waals surface area contributed by atoms with Gasteiger partial charge in [0.2, 0.25) is 0 Å². The molecule has 0 aliphatic carbocycles. The van der Waals surface area contributed by atoms with E-state index in [0.29, 0.717) is 22.0 Å². The molecule has 1 aromatic rings. The van der Waals surface area contributed by atoms with E-state index in [1.54, 1.807) is 0 Å². The van der Waals surface area contributed by atoms with Crippen LogP contribution in [-0.4, -0.2) is 30.6 Å². The predicted molar refractivity (Wildman–Crippen MR) is 87.6 cm³/mol. The third-order valence-electron chi connectivity index (χ3n) is 4.27. The van der Waals surface area contributed by atoms with Gasteiger partial charge in [0.15, 0.2) is 0 Å². The minimum absolute atomic E-state index is 0.570. The summed E-state index contributed by atoms with van der Waals surface area (Å²) in [5.74, 6) is 0.699. The highest BCUT2D eigenvalue weighted by atomic mass is 35.5. The molecule has 0 bridgehead atoms. The summed E-state index contributed by atoms with van der Waals surface area (Å²) in [6.45, 7) is 8.77. The summed E-state index contributed by atoms with van der Waals surface area (Å²) < 4.78 is 0. The summed E-state index contributed by atoms with van der Waals surface area (Å²) in [7, 11) is 0. The van der Waals surface area contributed by atoms with Crippen LogP contribution in [0.4, 0.5) is 0 Å². The highest BCUT2D eigenvalue weighted by molar-refractivity contribution is 6.42. The lowest BCUT2D eigenvalue weighted by Gasteiger charge is -2.28. The number of benzene rings is 1. The third-order valence-corrected chi connectivity index (χ3v) is 5.13. The normalized spacial score (nSPS) is 22.5. The number of nitrogens with one attached hydrogen (secondary N) is 1. The van der Waals surface area contributed by atoms with Gasteiger partial charge >= 0.3 is 0 Å². The average molecular weight is 315 g/mol. The Labute approximate surface area is 132 Å². The molecule has 1 N–H and O–H groups in total. The van der Waals surface area contributed by atoms with Crippen molar-refractivity contribution < 1.29 is 0 Å². The minimum atomic E-state index is 0.570. The monoisotopic (exact) mass is 314 g/mol. The molecule has 1 saturated heterocycles. The van der Waals surface area contributed by atoms with Gasteiger partial charge in [-0.3, -0.25) is 4.90 Å². The van der Waals surface area contributed by atoms with Gasteiger partial charge in [-0.2, -0.15) is 0 Å². The molecule has 1 aromatic carbocycles. The molecule has 2 unspecified atom stereocenters. The summed E-state index contributed by atoms with van der Waals surface area (Å²) >= 11 is 12.4. The van der Waals surface area contributed by atoms with E-state index in [1.807, 2.05) is 12.1 Å². The van der Waals surface area contributed by atoms with Crippen LogP contribution in [0.1, 0.15) is 32.3 Å². The van der Waals surface area contributed by atoms with Crippen molar-refractivity contribution in [2.75, 3.05) is 19.6 Å². The lowest BCUT2D eigenvalue weighted by Crippen LogP contribution is -2.41. The van der Waals surface area contributed by atoms with Crippen LogP contribution in [0, 0.1) is 5.92 Å². The Morgan fingerprint density at radius 3 is 2.95 bits per heavy atom. The topological polar surface area (TPSA) is 15.3 Å². The molecular weight excluding hydrogens is 291 g/mol. The van der Waals surface area contributed by atoms with E-state index in [0.717, 1.165) is 31.7 Å². The Bertz CT molecular complexity index is 436. The first-order valence-electron chi connectivity index (χ1n) is 7.50. The SMILES string of the molecule is CCC(C)C1CN(Cc2cccc(Cl)c2Cl)CCCN1. The second-order valence-corrected chi connectivity index (χ2v) is 6.53. The molecule has 0 radical (unpaired) electrons. The van der Waals surface area contributed by atoms with Crippen LogP contribution >= 0.6 is 23.2 Å². The average Bonchev–Trinajstić information content (AvgIpc) is 2.68. The molecule has 4 heteroatoms. The number of hydrogen-bond donors (Lipinski definition) is 1. The Kier molecular flexibility index (Phi) is 6.16. The van der Waals surface area contributed by atoms with E-state index in [4.69, 9.17) is 23.2 Å². The largest absolute Gasteiger partial charge is 0.312 e. The molecule has 1 fully saturated rings. The van der Waals surface area contributed by atoms with E-state index in [2.05, 4.69) is 30.1 Å². The van der Waals surface area contributed by atoms with Gasteiger partial charge in [0.05, 0.1) is 10.0 Å². The molecule has 0 amide bonds. The maximum absolute atomic E-state index is 6.31. The predicted octanol–water partition coefficient (Wildman–Crippen LogP) is 4.20. The van der Waals surface area contributed by atoms with Crippen LogP contribution in [0.5, 0.6) is 0 Å². The van der Waals surface area contributed by atoms with Gasteiger partial charge in [-0.05, 0) is 37.1 Å². The molecule has 20 heavy (non-hydrogen) atoms. The molecule has 2 rings (SSSR count). The summed E-state index contributed by atoms with van der Waals surface area (Å²) in [6.07, 6.45) is 2.40. The molecule has 0 spiro atoms. The molecule has 2 atom stereocenters. The Morgan fingerprint density at radius 1 is 1.40 bits per heavy atom. The Morgan fingerprint density at radius 2 is 2.20 bits per heavy atom. The van der Waals surface area contributed by atoms with Crippen LogP contribution < -0.4 is 5.32 Å². The second kappa shape index (κ2) is 7.65. The molecule has 0 aromatic heterocycles. The maximum Gasteiger partial charge on any atom is 0.0637 e. The van der Waals surface area contributed by atoms with Crippen molar-refractivity contribution in [2.45, 2.75) is 39.3 Å². The van der Waals surface area contributed by atoms with Gasteiger partial charge in [0.25, 0.3) is 0 Å². The van der Waals surface area contributed by atoms with E-state index in [9.17, 15) is 0 Å². The highest BCUT2D eigenvalue weighted by Crippen LogP contribution is 2.27. The van der Waals surface area contributed by atoms with Gasteiger partial charge in [-0.1, -0.05) is 55.6 Å². The van der Waals surface area contributed by atoms with Gasteiger partial charge in [0.1, 0.15) is 0 Å². The fourth-order valence-electron chi connectivity index (χ4n) is 2.74. The first-order chi connectivity index (χ1) is 9.61. The molecule has 0 saturated carbocycles. The van der Waals surface area contributed by atoms with Gasteiger partial charge in [-0.25, -0.2) is 0 Å². The fraction of sp³-hybridized carbons (Fsp3) is 0.625. The molecule has 2 nitrogen and oxygen atoms in total. The van der Waals surface area contributed by atoms with Gasteiger partial charge in [0, 0.05) is 19.1 Å². The second-order valence-electron chi connectivity index (χ2n) is 5.75. The fourth-order valence-corrected chi connectivity index (χ4v) is 3.12. The molecule has 1 aliphatic heterocycles. The van der Waals surface area contributed by atoms with Crippen molar-refractivity contribution in [1.82, 2.24) is 10.2 Å². The van der Waals surface area contributed by atoms with Crippen molar-refractivity contribution in [2.24, 2.45) is 5.92 Å². The van der Waals surface area contributed by atoms with Crippen LogP contribution in [0.15, 0.2) is 18.2 Å². The van der Waals surface area contributed by atoms with Crippen LogP contribution in [0.3, 0.4) is 0 Å². The number of rotatable bonds is 4. The zero-order valence-electron chi connectivity index (χ0n) is 12.3. The van der Waals surface area contributed by atoms with Gasteiger partial charge in [-0.15, -0.1) is 0 Å². The van der Waals surface area contributed by atoms with Crippen molar-refractivity contribution in [1.29, 1.82) is 0 Å². The Balaban J connectivity index is 2.05. The Hall–Kier alpha value is -0.280. The van der Waals surface area contributed by atoms with Crippen molar-refractivity contribution in [3.8, 4) is 0 Å². The van der Waals surface area contributed by atoms with Crippen LogP contribution in [0.2, 0.25) is 10.0 Å². The van der Waals surface area contributed by atoms with E-state index < -0.39 is 0 Å². The van der Waals surface area contributed by atoms with E-state index in [-0.39, 0.29) is 0 Å². The van der Waals surface area contributed by atoms with Crippen molar-refractivity contribution in [3.05, 3.63) is 33.8 Å². The molecular formula is C16H24Cl2N2. The molecule has 1 aliphatic rings. The molecule has 112 valence electrons.